The third-order valence-corrected chi connectivity index (χ3v) is 7.12. The third-order valence-electron chi connectivity index (χ3n) is 7.12. The van der Waals surface area contributed by atoms with Gasteiger partial charge in [-0.1, -0.05) is 30.3 Å². The van der Waals surface area contributed by atoms with Gasteiger partial charge in [-0.2, -0.15) is 18.4 Å². The van der Waals surface area contributed by atoms with Crippen molar-refractivity contribution >= 4 is 11.8 Å². The van der Waals surface area contributed by atoms with Crippen LogP contribution >= 0.6 is 0 Å². The smallest absolute Gasteiger partial charge is 0.343 e. The lowest BCUT2D eigenvalue weighted by molar-refractivity contribution is -0.138. The normalized spacial score (nSPS) is 20.2. The molecule has 1 heterocycles. The Morgan fingerprint density at radius 3 is 2.31 bits per heavy atom. The van der Waals surface area contributed by atoms with E-state index in [1.54, 1.807) is 0 Å². The largest absolute Gasteiger partial charge is 0.416 e. The monoisotopic (exact) mass is 498 g/mol. The first-order chi connectivity index (χ1) is 17.3. The van der Waals surface area contributed by atoms with Crippen LogP contribution in [0.2, 0.25) is 0 Å². The van der Waals surface area contributed by atoms with Gasteiger partial charge in [0, 0.05) is 24.7 Å². The van der Waals surface area contributed by atoms with Crippen molar-refractivity contribution in [2.75, 3.05) is 19.6 Å². The van der Waals surface area contributed by atoms with Crippen molar-refractivity contribution in [3.63, 3.8) is 0 Å². The number of hydrogen-bond acceptors (Lipinski definition) is 4. The van der Waals surface area contributed by atoms with Crippen LogP contribution in [0.3, 0.4) is 0 Å². The van der Waals surface area contributed by atoms with E-state index in [9.17, 15) is 22.8 Å². The van der Waals surface area contributed by atoms with Crippen LogP contribution in [-0.4, -0.2) is 48.4 Å². The highest BCUT2D eigenvalue weighted by Gasteiger charge is 2.36. The van der Waals surface area contributed by atoms with E-state index < -0.39 is 17.6 Å². The highest BCUT2D eigenvalue weighted by Crippen LogP contribution is 2.36. The minimum atomic E-state index is -4.54. The summed E-state index contributed by atoms with van der Waals surface area (Å²) < 4.78 is 38.9. The van der Waals surface area contributed by atoms with Gasteiger partial charge in [0.05, 0.1) is 30.6 Å². The highest BCUT2D eigenvalue weighted by atomic mass is 19.4. The molecule has 190 valence electrons. The summed E-state index contributed by atoms with van der Waals surface area (Å²) in [7, 11) is 0. The van der Waals surface area contributed by atoms with Crippen LogP contribution < -0.4 is 10.6 Å². The zero-order valence-electron chi connectivity index (χ0n) is 19.9. The van der Waals surface area contributed by atoms with E-state index in [1.807, 2.05) is 17.0 Å². The van der Waals surface area contributed by atoms with E-state index in [0.29, 0.717) is 25.4 Å². The van der Waals surface area contributed by atoms with Crippen molar-refractivity contribution in [3.8, 4) is 6.07 Å². The summed E-state index contributed by atoms with van der Waals surface area (Å²) in [6.45, 7) is 1.12. The maximum atomic E-state index is 13.2. The molecule has 2 N–H and O–H groups in total. The van der Waals surface area contributed by atoms with Gasteiger partial charge in [0.2, 0.25) is 5.91 Å². The minimum absolute atomic E-state index is 0.0507. The number of nitrogens with zero attached hydrogens (tertiary/aromatic N) is 2. The highest BCUT2D eigenvalue weighted by molar-refractivity contribution is 5.96. The van der Waals surface area contributed by atoms with Gasteiger partial charge in [-0.3, -0.25) is 9.59 Å². The van der Waals surface area contributed by atoms with E-state index in [0.717, 1.165) is 43.4 Å². The van der Waals surface area contributed by atoms with Crippen molar-refractivity contribution in [2.24, 2.45) is 0 Å². The van der Waals surface area contributed by atoms with Gasteiger partial charge in [0.1, 0.15) is 0 Å². The fraction of sp³-hybridized carbons (Fsp3) is 0.444. The molecule has 1 aliphatic heterocycles. The molecule has 4 rings (SSSR count). The molecule has 0 spiro atoms. The van der Waals surface area contributed by atoms with Crippen molar-refractivity contribution in [1.29, 1.82) is 5.26 Å². The minimum Gasteiger partial charge on any atom is -0.343 e. The molecule has 2 fully saturated rings. The quantitative estimate of drug-likeness (QED) is 0.604. The lowest BCUT2D eigenvalue weighted by Gasteiger charge is -2.45. The molecule has 0 bridgehead atoms. The Morgan fingerprint density at radius 1 is 1.03 bits per heavy atom. The van der Waals surface area contributed by atoms with Crippen LogP contribution in [0.5, 0.6) is 0 Å². The average Bonchev–Trinajstić information content (AvgIpc) is 2.85. The predicted octanol–water partition coefficient (Wildman–Crippen LogP) is 4.03. The molecule has 0 unspecified atom stereocenters. The Labute approximate surface area is 208 Å². The van der Waals surface area contributed by atoms with Crippen molar-refractivity contribution in [2.45, 2.75) is 56.3 Å². The van der Waals surface area contributed by atoms with Crippen LogP contribution in [0.15, 0.2) is 48.5 Å². The van der Waals surface area contributed by atoms with Gasteiger partial charge in [-0.05, 0) is 60.9 Å². The molecule has 0 atom stereocenters. The van der Waals surface area contributed by atoms with E-state index in [1.165, 1.54) is 17.7 Å². The summed E-state index contributed by atoms with van der Waals surface area (Å²) in [6, 6.07) is 14.6. The molecule has 9 heteroatoms. The summed E-state index contributed by atoms with van der Waals surface area (Å²) >= 11 is 0. The number of benzene rings is 2. The molecule has 36 heavy (non-hydrogen) atoms. The molecule has 2 aromatic carbocycles. The van der Waals surface area contributed by atoms with Gasteiger partial charge in [0.15, 0.2) is 0 Å². The molecule has 1 saturated heterocycles. The number of amides is 2. The lowest BCUT2D eigenvalue weighted by atomic mass is 9.80. The first-order valence-electron chi connectivity index (χ1n) is 12.2. The fourth-order valence-electron chi connectivity index (χ4n) is 5.05. The summed E-state index contributed by atoms with van der Waals surface area (Å²) in [4.78, 5) is 27.5. The third kappa shape index (κ3) is 6.05. The number of carbonyl (C=O) groups excluding carboxylic acids is 2. The SMILES string of the molecule is N#CCc1ccc(C2CCC(N(C(=O)CNC(=O)c3cccc(C(F)(F)F)c3)C3CNC3)CC2)cc1. The topological polar surface area (TPSA) is 85.2 Å². The lowest BCUT2D eigenvalue weighted by Crippen LogP contribution is -2.63. The zero-order valence-corrected chi connectivity index (χ0v) is 19.9. The van der Waals surface area contributed by atoms with Crippen LogP contribution in [0.4, 0.5) is 13.2 Å². The van der Waals surface area contributed by atoms with E-state index in [2.05, 4.69) is 28.8 Å². The number of alkyl halides is 3. The first kappa shape index (κ1) is 25.7. The average molecular weight is 499 g/mol. The Morgan fingerprint density at radius 2 is 1.72 bits per heavy atom. The maximum absolute atomic E-state index is 13.2. The van der Waals surface area contributed by atoms with Crippen LogP contribution in [0.25, 0.3) is 0 Å². The standard InChI is InChI=1S/C27H29F3N4O2/c28-27(29,30)22-3-1-2-21(14-22)26(36)33-17-25(35)34(24-15-32-16-24)23-10-8-20(9-11-23)19-6-4-18(5-7-19)12-13-31/h1-7,14,20,23-24,32H,8-12,15-17H2,(H,33,36). The molecule has 1 aliphatic carbocycles. The molecular formula is C27H29F3N4O2. The van der Waals surface area contributed by atoms with Gasteiger partial charge >= 0.3 is 6.18 Å². The van der Waals surface area contributed by atoms with E-state index in [4.69, 9.17) is 5.26 Å². The Bertz CT molecular complexity index is 1120. The Hall–Kier alpha value is -3.38. The van der Waals surface area contributed by atoms with Gasteiger partial charge < -0.3 is 15.5 Å². The molecule has 2 aliphatic rings. The second-order valence-electron chi connectivity index (χ2n) is 9.46. The van der Waals surface area contributed by atoms with Crippen molar-refractivity contribution < 1.29 is 22.8 Å². The first-order valence-corrected chi connectivity index (χ1v) is 12.2. The Balaban J connectivity index is 1.35. The van der Waals surface area contributed by atoms with Gasteiger partial charge in [-0.25, -0.2) is 0 Å². The number of carbonyl (C=O) groups is 2. The number of nitrogens with one attached hydrogen (secondary N) is 2. The van der Waals surface area contributed by atoms with Crippen LogP contribution in [-0.2, 0) is 17.4 Å². The molecule has 1 saturated carbocycles. The molecule has 2 amide bonds. The van der Waals surface area contributed by atoms with Crippen LogP contribution in [0, 0.1) is 11.3 Å². The number of nitriles is 1. The molecule has 2 aromatic rings. The Kier molecular flexibility index (Phi) is 7.94. The zero-order chi connectivity index (χ0) is 25.7. The maximum Gasteiger partial charge on any atom is 0.416 e. The summed E-state index contributed by atoms with van der Waals surface area (Å²) in [5.74, 6) is -0.523. The molecule has 0 aromatic heterocycles. The second-order valence-corrected chi connectivity index (χ2v) is 9.46. The number of hydrogen-bond donors (Lipinski definition) is 2. The van der Waals surface area contributed by atoms with Crippen molar-refractivity contribution in [1.82, 2.24) is 15.5 Å². The van der Waals surface area contributed by atoms with E-state index in [-0.39, 0.29) is 30.1 Å². The second kappa shape index (κ2) is 11.1. The summed E-state index contributed by atoms with van der Waals surface area (Å²) in [5.41, 5.74) is 1.21. The summed E-state index contributed by atoms with van der Waals surface area (Å²) in [5, 5.41) is 14.5. The van der Waals surface area contributed by atoms with Gasteiger partial charge in [0.25, 0.3) is 5.91 Å². The van der Waals surface area contributed by atoms with E-state index >= 15 is 0 Å². The predicted molar refractivity (Wildman–Crippen MR) is 128 cm³/mol. The number of halogens is 3. The fourth-order valence-corrected chi connectivity index (χ4v) is 5.05. The molecule has 6 nitrogen and oxygen atoms in total. The van der Waals surface area contributed by atoms with Crippen LogP contribution in [0.1, 0.15) is 58.6 Å². The molecule has 0 radical (unpaired) electrons. The molecular weight excluding hydrogens is 469 g/mol. The van der Waals surface area contributed by atoms with Crippen molar-refractivity contribution in [3.05, 3.63) is 70.8 Å². The summed E-state index contributed by atoms with van der Waals surface area (Å²) in [6.07, 6.45) is -0.601. The number of rotatable bonds is 7. The van der Waals surface area contributed by atoms with Gasteiger partial charge in [-0.15, -0.1) is 0 Å².